The fourth-order valence-electron chi connectivity index (χ4n) is 1.17. The molecule has 0 radical (unpaired) electrons. The molecule has 1 aromatic carbocycles. The first-order valence-electron chi connectivity index (χ1n) is 4.16. The zero-order valence-corrected chi connectivity index (χ0v) is 8.28. The van der Waals surface area contributed by atoms with E-state index in [2.05, 4.69) is 5.92 Å². The van der Waals surface area contributed by atoms with Gasteiger partial charge in [-0.25, -0.2) is 0 Å². The predicted molar refractivity (Wildman–Crippen MR) is 55.3 cm³/mol. The second-order valence-electron chi connectivity index (χ2n) is 2.75. The predicted octanol–water partition coefficient (Wildman–Crippen LogP) is 1.34. The molecule has 1 rings (SSSR count). The van der Waals surface area contributed by atoms with Gasteiger partial charge in [0.1, 0.15) is 11.5 Å². The molecule has 0 bridgehead atoms. The third-order valence-corrected chi connectivity index (χ3v) is 1.95. The van der Waals surface area contributed by atoms with Crippen LogP contribution in [0.4, 0.5) is 0 Å². The molecule has 0 aliphatic rings. The van der Waals surface area contributed by atoms with Gasteiger partial charge in [0.15, 0.2) is 0 Å². The molecule has 0 aromatic heterocycles. The lowest BCUT2D eigenvalue weighted by Crippen LogP contribution is -2.09. The quantitative estimate of drug-likeness (QED) is 0.733. The van der Waals surface area contributed by atoms with Crippen LogP contribution in [0.5, 0.6) is 11.5 Å². The Morgan fingerprint density at radius 1 is 1.36 bits per heavy atom. The highest BCUT2D eigenvalue weighted by atomic mass is 16.5. The SMILES string of the molecule is C#CC(N)c1cc(OC)ccc1OC. The summed E-state index contributed by atoms with van der Waals surface area (Å²) in [5.74, 6) is 3.84. The third kappa shape index (κ3) is 1.98. The smallest absolute Gasteiger partial charge is 0.124 e. The Morgan fingerprint density at radius 2 is 2.07 bits per heavy atom. The Hall–Kier alpha value is -1.66. The number of nitrogens with two attached hydrogens (primary N) is 1. The molecule has 0 amide bonds. The fraction of sp³-hybridized carbons (Fsp3) is 0.273. The Morgan fingerprint density at radius 3 is 2.57 bits per heavy atom. The molecule has 1 atom stereocenters. The van der Waals surface area contributed by atoms with Crippen LogP contribution in [0.2, 0.25) is 0 Å². The largest absolute Gasteiger partial charge is 0.497 e. The summed E-state index contributed by atoms with van der Waals surface area (Å²) >= 11 is 0. The Balaban J connectivity index is 3.16. The third-order valence-electron chi connectivity index (χ3n) is 1.95. The van der Waals surface area contributed by atoms with Crippen molar-refractivity contribution in [1.29, 1.82) is 0 Å². The summed E-state index contributed by atoms with van der Waals surface area (Å²) in [4.78, 5) is 0. The maximum absolute atomic E-state index is 5.72. The molecule has 0 saturated heterocycles. The molecule has 1 unspecified atom stereocenters. The van der Waals surface area contributed by atoms with E-state index in [0.717, 1.165) is 5.56 Å². The van der Waals surface area contributed by atoms with Crippen molar-refractivity contribution in [3.05, 3.63) is 23.8 Å². The highest BCUT2D eigenvalue weighted by molar-refractivity contribution is 5.44. The van der Waals surface area contributed by atoms with Crippen molar-refractivity contribution in [2.75, 3.05) is 14.2 Å². The number of hydrogen-bond donors (Lipinski definition) is 1. The van der Waals surface area contributed by atoms with Gasteiger partial charge in [-0.05, 0) is 18.2 Å². The van der Waals surface area contributed by atoms with Crippen molar-refractivity contribution in [3.63, 3.8) is 0 Å². The molecule has 0 spiro atoms. The van der Waals surface area contributed by atoms with E-state index in [1.54, 1.807) is 32.4 Å². The summed E-state index contributed by atoms with van der Waals surface area (Å²) in [7, 11) is 3.17. The molecule has 3 nitrogen and oxygen atoms in total. The van der Waals surface area contributed by atoms with Gasteiger partial charge >= 0.3 is 0 Å². The summed E-state index contributed by atoms with van der Waals surface area (Å²) < 4.78 is 10.2. The van der Waals surface area contributed by atoms with Gasteiger partial charge in [0.2, 0.25) is 0 Å². The van der Waals surface area contributed by atoms with E-state index in [4.69, 9.17) is 21.6 Å². The number of ether oxygens (including phenoxy) is 2. The average Bonchev–Trinajstić information content (AvgIpc) is 2.27. The molecule has 0 saturated carbocycles. The van der Waals surface area contributed by atoms with Crippen molar-refractivity contribution in [1.82, 2.24) is 0 Å². The molecular weight excluding hydrogens is 178 g/mol. The minimum atomic E-state index is -0.472. The lowest BCUT2D eigenvalue weighted by atomic mass is 10.1. The monoisotopic (exact) mass is 191 g/mol. The van der Waals surface area contributed by atoms with E-state index in [1.165, 1.54) is 0 Å². The molecule has 0 aliphatic heterocycles. The second-order valence-corrected chi connectivity index (χ2v) is 2.75. The van der Waals surface area contributed by atoms with Gasteiger partial charge in [0, 0.05) is 5.56 Å². The Bertz CT molecular complexity index is 355. The number of benzene rings is 1. The summed E-state index contributed by atoms with van der Waals surface area (Å²) in [6.07, 6.45) is 5.25. The van der Waals surface area contributed by atoms with Crippen LogP contribution in [0.25, 0.3) is 0 Å². The molecule has 3 heteroatoms. The second kappa shape index (κ2) is 4.54. The zero-order chi connectivity index (χ0) is 10.6. The molecule has 14 heavy (non-hydrogen) atoms. The number of rotatable bonds is 3. The topological polar surface area (TPSA) is 44.5 Å². The van der Waals surface area contributed by atoms with Gasteiger partial charge in [0.05, 0.1) is 20.3 Å². The summed E-state index contributed by atoms with van der Waals surface area (Å²) in [5, 5.41) is 0. The number of methoxy groups -OCH3 is 2. The van der Waals surface area contributed by atoms with Crippen LogP contribution in [0, 0.1) is 12.3 Å². The fourth-order valence-corrected chi connectivity index (χ4v) is 1.17. The lowest BCUT2D eigenvalue weighted by Gasteiger charge is -2.12. The first-order chi connectivity index (χ1) is 6.72. The van der Waals surface area contributed by atoms with Gasteiger partial charge in [0.25, 0.3) is 0 Å². The number of terminal acetylenes is 1. The first kappa shape index (κ1) is 10.4. The van der Waals surface area contributed by atoms with E-state index < -0.39 is 6.04 Å². The van der Waals surface area contributed by atoms with Gasteiger partial charge in [-0.1, -0.05) is 5.92 Å². The zero-order valence-electron chi connectivity index (χ0n) is 8.28. The molecule has 0 fully saturated rings. The standard InChI is InChI=1S/C11H13NO2/c1-4-10(12)9-7-8(13-2)5-6-11(9)14-3/h1,5-7,10H,12H2,2-3H3. The normalized spacial score (nSPS) is 11.6. The Labute approximate surface area is 83.8 Å². The minimum absolute atomic E-state index is 0.472. The maximum atomic E-state index is 5.72. The van der Waals surface area contributed by atoms with Crippen molar-refractivity contribution >= 4 is 0 Å². The summed E-state index contributed by atoms with van der Waals surface area (Å²) in [6.45, 7) is 0. The van der Waals surface area contributed by atoms with Crippen molar-refractivity contribution < 1.29 is 9.47 Å². The van der Waals surface area contributed by atoms with Crippen molar-refractivity contribution in [2.24, 2.45) is 5.73 Å². The highest BCUT2D eigenvalue weighted by Gasteiger charge is 2.10. The first-order valence-corrected chi connectivity index (χ1v) is 4.16. The molecule has 2 N–H and O–H groups in total. The van der Waals surface area contributed by atoms with Crippen LogP contribution in [0.15, 0.2) is 18.2 Å². The molecule has 0 heterocycles. The van der Waals surface area contributed by atoms with Gasteiger partial charge in [-0.15, -0.1) is 6.42 Å². The molecule has 1 aromatic rings. The van der Waals surface area contributed by atoms with E-state index in [1.807, 2.05) is 0 Å². The van der Waals surface area contributed by atoms with Crippen molar-refractivity contribution in [3.8, 4) is 23.8 Å². The van der Waals surface area contributed by atoms with E-state index in [0.29, 0.717) is 11.5 Å². The molecule has 0 aliphatic carbocycles. The summed E-state index contributed by atoms with van der Waals surface area (Å²) in [6, 6.07) is 4.89. The molecule has 74 valence electrons. The van der Waals surface area contributed by atoms with Crippen LogP contribution in [0.1, 0.15) is 11.6 Å². The van der Waals surface area contributed by atoms with E-state index in [-0.39, 0.29) is 0 Å². The van der Waals surface area contributed by atoms with Crippen molar-refractivity contribution in [2.45, 2.75) is 6.04 Å². The van der Waals surface area contributed by atoms with Gasteiger partial charge in [-0.2, -0.15) is 0 Å². The molecular formula is C11H13NO2. The van der Waals surface area contributed by atoms with Crippen LogP contribution in [-0.4, -0.2) is 14.2 Å². The van der Waals surface area contributed by atoms with Crippen LogP contribution in [0.3, 0.4) is 0 Å². The van der Waals surface area contributed by atoms with Crippen LogP contribution in [-0.2, 0) is 0 Å². The van der Waals surface area contributed by atoms with Crippen LogP contribution < -0.4 is 15.2 Å². The van der Waals surface area contributed by atoms with Gasteiger partial charge < -0.3 is 15.2 Å². The lowest BCUT2D eigenvalue weighted by molar-refractivity contribution is 0.398. The van der Waals surface area contributed by atoms with Gasteiger partial charge in [-0.3, -0.25) is 0 Å². The van der Waals surface area contributed by atoms with E-state index in [9.17, 15) is 0 Å². The average molecular weight is 191 g/mol. The highest BCUT2D eigenvalue weighted by Crippen LogP contribution is 2.27. The van der Waals surface area contributed by atoms with E-state index >= 15 is 0 Å². The number of hydrogen-bond acceptors (Lipinski definition) is 3. The minimum Gasteiger partial charge on any atom is -0.497 e. The maximum Gasteiger partial charge on any atom is 0.124 e. The van der Waals surface area contributed by atoms with Crippen LogP contribution >= 0.6 is 0 Å². The Kier molecular flexibility index (Phi) is 3.38. The summed E-state index contributed by atoms with van der Waals surface area (Å²) in [5.41, 5.74) is 6.48.